The van der Waals surface area contributed by atoms with Crippen LogP contribution in [0.15, 0.2) is 48.8 Å². The van der Waals surface area contributed by atoms with Crippen molar-refractivity contribution in [2.24, 2.45) is 7.05 Å². The third-order valence-corrected chi connectivity index (χ3v) is 6.29. The molecule has 1 spiro atoms. The average molecular weight is 347 g/mol. The minimum atomic E-state index is 0.268. The molecule has 2 aliphatic heterocycles. The van der Waals surface area contributed by atoms with Crippen LogP contribution in [0.2, 0.25) is 0 Å². The summed E-state index contributed by atoms with van der Waals surface area (Å²) in [5.41, 5.74) is 4.05. The van der Waals surface area contributed by atoms with E-state index >= 15 is 0 Å². The van der Waals surface area contributed by atoms with Crippen molar-refractivity contribution in [1.82, 2.24) is 24.2 Å². The molecule has 0 saturated carbocycles. The van der Waals surface area contributed by atoms with Crippen molar-refractivity contribution in [2.45, 2.75) is 37.8 Å². The Balaban J connectivity index is 1.34. The van der Waals surface area contributed by atoms with Crippen LogP contribution in [0, 0.1) is 0 Å². The number of aryl methyl sites for hydroxylation is 1. The van der Waals surface area contributed by atoms with E-state index in [9.17, 15) is 0 Å². The van der Waals surface area contributed by atoms with Crippen molar-refractivity contribution in [3.8, 4) is 11.4 Å². The van der Waals surface area contributed by atoms with Crippen molar-refractivity contribution >= 4 is 0 Å². The Hall–Kier alpha value is -2.40. The smallest absolute Gasteiger partial charge is 0.115 e. The largest absolute Gasteiger partial charge is 0.326 e. The molecule has 3 aromatic rings. The summed E-state index contributed by atoms with van der Waals surface area (Å²) in [7, 11) is 2.00. The van der Waals surface area contributed by atoms with Crippen LogP contribution in [-0.4, -0.2) is 37.3 Å². The minimum absolute atomic E-state index is 0.268. The van der Waals surface area contributed by atoms with Crippen molar-refractivity contribution in [3.05, 3.63) is 60.2 Å². The Kier molecular flexibility index (Phi) is 3.71. The molecule has 1 fully saturated rings. The summed E-state index contributed by atoms with van der Waals surface area (Å²) in [5, 5.41) is 4.32. The minimum Gasteiger partial charge on any atom is -0.326 e. The Labute approximate surface area is 154 Å². The fraction of sp³-hybridized carbons (Fsp3) is 0.429. The molecule has 5 rings (SSSR count). The first-order chi connectivity index (χ1) is 12.8. The van der Waals surface area contributed by atoms with E-state index in [1.54, 1.807) is 0 Å². The summed E-state index contributed by atoms with van der Waals surface area (Å²) in [5.74, 6) is 1.30. The van der Waals surface area contributed by atoms with Gasteiger partial charge in [0, 0.05) is 31.7 Å². The Morgan fingerprint density at radius 1 is 0.962 bits per heavy atom. The molecule has 0 atom stereocenters. The van der Waals surface area contributed by atoms with Gasteiger partial charge in [0.15, 0.2) is 0 Å². The summed E-state index contributed by atoms with van der Waals surface area (Å²) < 4.78 is 4.38. The van der Waals surface area contributed by atoms with Gasteiger partial charge in [0.25, 0.3) is 0 Å². The third kappa shape index (κ3) is 2.50. The summed E-state index contributed by atoms with van der Waals surface area (Å²) in [4.78, 5) is 7.47. The molecule has 0 aliphatic carbocycles. The van der Waals surface area contributed by atoms with Gasteiger partial charge in [-0.15, -0.1) is 0 Å². The summed E-state index contributed by atoms with van der Waals surface area (Å²) in [6, 6.07) is 12.9. The van der Waals surface area contributed by atoms with Gasteiger partial charge in [-0.2, -0.15) is 5.10 Å². The standard InChI is InChI=1S/C21H25N5/c1-24-18(7-11-23-24)19-15-22-20-21(10-14-26(19)20)8-12-25(13-9-21)16-17-5-3-2-4-6-17/h2-7,11,15H,8-10,12-14,16H2,1H3. The number of piperidine rings is 1. The highest BCUT2D eigenvalue weighted by atomic mass is 15.3. The van der Waals surface area contributed by atoms with Crippen molar-refractivity contribution in [3.63, 3.8) is 0 Å². The monoisotopic (exact) mass is 347 g/mol. The first-order valence-corrected chi connectivity index (χ1v) is 9.56. The van der Waals surface area contributed by atoms with Crippen LogP contribution < -0.4 is 0 Å². The number of hydrogen-bond acceptors (Lipinski definition) is 3. The summed E-state index contributed by atoms with van der Waals surface area (Å²) in [6.45, 7) is 4.45. The maximum atomic E-state index is 4.88. The molecular weight excluding hydrogens is 322 g/mol. The molecule has 2 aliphatic rings. The fourth-order valence-electron chi connectivity index (χ4n) is 4.75. The van der Waals surface area contributed by atoms with Crippen LogP contribution in [0.25, 0.3) is 11.4 Å². The van der Waals surface area contributed by atoms with E-state index in [2.05, 4.69) is 51.0 Å². The predicted octanol–water partition coefficient (Wildman–Crippen LogP) is 3.22. The van der Waals surface area contributed by atoms with Gasteiger partial charge < -0.3 is 4.57 Å². The highest BCUT2D eigenvalue weighted by molar-refractivity contribution is 5.55. The second kappa shape index (κ2) is 6.09. The number of benzene rings is 1. The molecular formula is C21H25N5. The van der Waals surface area contributed by atoms with E-state index in [0.717, 1.165) is 31.9 Å². The number of hydrogen-bond donors (Lipinski definition) is 0. The molecule has 5 heteroatoms. The maximum absolute atomic E-state index is 4.88. The maximum Gasteiger partial charge on any atom is 0.115 e. The van der Waals surface area contributed by atoms with Gasteiger partial charge in [-0.25, -0.2) is 4.98 Å². The number of imidazole rings is 1. The molecule has 2 aromatic heterocycles. The first kappa shape index (κ1) is 15.8. The lowest BCUT2D eigenvalue weighted by molar-refractivity contribution is 0.150. The molecule has 4 heterocycles. The zero-order valence-corrected chi connectivity index (χ0v) is 15.3. The Bertz CT molecular complexity index is 900. The molecule has 5 nitrogen and oxygen atoms in total. The van der Waals surface area contributed by atoms with E-state index in [-0.39, 0.29) is 5.41 Å². The van der Waals surface area contributed by atoms with Crippen molar-refractivity contribution in [1.29, 1.82) is 0 Å². The molecule has 0 bridgehead atoms. The van der Waals surface area contributed by atoms with Gasteiger partial charge in [-0.3, -0.25) is 9.58 Å². The zero-order valence-electron chi connectivity index (χ0n) is 15.3. The predicted molar refractivity (Wildman–Crippen MR) is 102 cm³/mol. The molecule has 26 heavy (non-hydrogen) atoms. The average Bonchev–Trinajstić information content (AvgIpc) is 3.36. The second-order valence-corrected chi connectivity index (χ2v) is 7.75. The zero-order chi connectivity index (χ0) is 17.6. The van der Waals surface area contributed by atoms with Crippen molar-refractivity contribution in [2.75, 3.05) is 13.1 Å². The molecule has 0 radical (unpaired) electrons. The quantitative estimate of drug-likeness (QED) is 0.730. The number of rotatable bonds is 3. The summed E-state index contributed by atoms with van der Waals surface area (Å²) >= 11 is 0. The van der Waals surface area contributed by atoms with Crippen LogP contribution >= 0.6 is 0 Å². The third-order valence-electron chi connectivity index (χ3n) is 6.29. The van der Waals surface area contributed by atoms with Gasteiger partial charge in [0.2, 0.25) is 0 Å². The number of aromatic nitrogens is 4. The normalized spacial score (nSPS) is 19.1. The van der Waals surface area contributed by atoms with E-state index < -0.39 is 0 Å². The van der Waals surface area contributed by atoms with E-state index in [4.69, 9.17) is 4.98 Å². The number of fused-ring (bicyclic) bond motifs is 2. The number of likely N-dealkylation sites (tertiary alicyclic amines) is 1. The molecule has 134 valence electrons. The van der Waals surface area contributed by atoms with E-state index in [1.165, 1.54) is 36.3 Å². The van der Waals surface area contributed by atoms with Gasteiger partial charge in [0.05, 0.1) is 17.6 Å². The lowest BCUT2D eigenvalue weighted by atomic mass is 9.76. The molecule has 1 aromatic carbocycles. The number of nitrogens with zero attached hydrogens (tertiary/aromatic N) is 5. The van der Waals surface area contributed by atoms with Gasteiger partial charge in [-0.1, -0.05) is 30.3 Å². The van der Waals surface area contributed by atoms with Crippen LogP contribution in [0.5, 0.6) is 0 Å². The van der Waals surface area contributed by atoms with Crippen LogP contribution in [0.4, 0.5) is 0 Å². The topological polar surface area (TPSA) is 38.9 Å². The highest BCUT2D eigenvalue weighted by Gasteiger charge is 2.44. The van der Waals surface area contributed by atoms with Crippen molar-refractivity contribution < 1.29 is 0 Å². The molecule has 1 saturated heterocycles. The molecule has 0 amide bonds. The Morgan fingerprint density at radius 2 is 1.73 bits per heavy atom. The fourth-order valence-corrected chi connectivity index (χ4v) is 4.75. The molecule has 0 N–H and O–H groups in total. The summed E-state index contributed by atoms with van der Waals surface area (Å²) in [6.07, 6.45) is 7.55. The van der Waals surface area contributed by atoms with Crippen LogP contribution in [0.3, 0.4) is 0 Å². The first-order valence-electron chi connectivity index (χ1n) is 9.56. The van der Waals surface area contributed by atoms with E-state index in [0.29, 0.717) is 0 Å². The lowest BCUT2D eigenvalue weighted by Gasteiger charge is -2.38. The lowest BCUT2D eigenvalue weighted by Crippen LogP contribution is -2.41. The van der Waals surface area contributed by atoms with Crippen LogP contribution in [0.1, 0.15) is 30.7 Å². The molecule has 0 unspecified atom stereocenters. The van der Waals surface area contributed by atoms with Gasteiger partial charge >= 0.3 is 0 Å². The van der Waals surface area contributed by atoms with E-state index in [1.807, 2.05) is 24.1 Å². The SMILES string of the molecule is Cn1nccc1-c1cnc2n1CCC21CCN(Cc2ccccc2)CC1. The second-order valence-electron chi connectivity index (χ2n) is 7.75. The van der Waals surface area contributed by atoms with Crippen LogP contribution in [-0.2, 0) is 25.6 Å². The van der Waals surface area contributed by atoms with Gasteiger partial charge in [-0.05, 0) is 44.0 Å². The highest BCUT2D eigenvalue weighted by Crippen LogP contribution is 2.44. The van der Waals surface area contributed by atoms with Gasteiger partial charge in [0.1, 0.15) is 5.82 Å². The Morgan fingerprint density at radius 3 is 2.46 bits per heavy atom.